The van der Waals surface area contributed by atoms with E-state index in [9.17, 15) is 14.4 Å². The number of aliphatic carboxylic acids is 2. The van der Waals surface area contributed by atoms with E-state index in [1.807, 2.05) is 0 Å². The van der Waals surface area contributed by atoms with E-state index in [0.717, 1.165) is 12.8 Å². The second kappa shape index (κ2) is 7.96. The number of hydrogen-bond donors (Lipinski definition) is 2. The Kier molecular flexibility index (Phi) is 7.23. The molecule has 5 heteroatoms. The van der Waals surface area contributed by atoms with E-state index in [-0.39, 0.29) is 6.42 Å². The van der Waals surface area contributed by atoms with Crippen LogP contribution in [0.3, 0.4) is 0 Å². The van der Waals surface area contributed by atoms with Gasteiger partial charge < -0.3 is 15.0 Å². The summed E-state index contributed by atoms with van der Waals surface area (Å²) in [5, 5.41) is 16.9. The molecule has 0 aliphatic carbocycles. The number of carbonyl (C=O) groups is 3. The molecular weight excluding hydrogens is 200 g/mol. The van der Waals surface area contributed by atoms with E-state index >= 15 is 0 Å². The molecule has 0 amide bonds. The third-order valence-electron chi connectivity index (χ3n) is 2.14. The molecule has 0 aliphatic rings. The van der Waals surface area contributed by atoms with Gasteiger partial charge in [0, 0.05) is 6.42 Å². The minimum atomic E-state index is -1.09. The Balaban J connectivity index is 3.41. The maximum atomic E-state index is 10.4. The molecule has 0 fully saturated rings. The first-order chi connectivity index (χ1) is 7.07. The van der Waals surface area contributed by atoms with Gasteiger partial charge in [-0.3, -0.25) is 9.59 Å². The minimum Gasteiger partial charge on any atom is -0.481 e. The highest BCUT2D eigenvalue weighted by molar-refractivity contribution is 5.86. The highest BCUT2D eigenvalue weighted by atomic mass is 16.4. The van der Waals surface area contributed by atoms with Crippen LogP contribution in [-0.2, 0) is 14.4 Å². The van der Waals surface area contributed by atoms with Crippen LogP contribution in [0.4, 0.5) is 0 Å². The lowest BCUT2D eigenvalue weighted by Gasteiger charge is -2.03. The van der Waals surface area contributed by atoms with Crippen molar-refractivity contribution in [3.05, 3.63) is 0 Å². The van der Waals surface area contributed by atoms with Gasteiger partial charge in [-0.15, -0.1) is 0 Å². The van der Waals surface area contributed by atoms with Crippen LogP contribution < -0.4 is 0 Å². The summed E-state index contributed by atoms with van der Waals surface area (Å²) < 4.78 is 0. The highest BCUT2D eigenvalue weighted by Gasteiger charge is 2.14. The van der Waals surface area contributed by atoms with Crippen molar-refractivity contribution in [1.29, 1.82) is 0 Å². The summed E-state index contributed by atoms with van der Waals surface area (Å²) >= 11 is 0. The van der Waals surface area contributed by atoms with E-state index in [1.165, 1.54) is 0 Å². The summed E-state index contributed by atoms with van der Waals surface area (Å²) in [7, 11) is 0. The fraction of sp³-hybridized carbons (Fsp3) is 0.700. The lowest BCUT2D eigenvalue weighted by Crippen LogP contribution is -2.14. The van der Waals surface area contributed by atoms with E-state index in [4.69, 9.17) is 10.2 Å². The first-order valence-electron chi connectivity index (χ1n) is 4.97. The van der Waals surface area contributed by atoms with Crippen LogP contribution in [0.2, 0.25) is 0 Å². The Morgan fingerprint density at radius 1 is 1.07 bits per heavy atom. The lowest BCUT2D eigenvalue weighted by atomic mass is 10.0. The van der Waals surface area contributed by atoms with Crippen molar-refractivity contribution in [1.82, 2.24) is 0 Å². The Labute approximate surface area is 88.1 Å². The van der Waals surface area contributed by atoms with Gasteiger partial charge in [-0.05, 0) is 12.8 Å². The molecule has 2 N–H and O–H groups in total. The lowest BCUT2D eigenvalue weighted by molar-refractivity contribution is -0.143. The second-order valence-corrected chi connectivity index (χ2v) is 3.43. The van der Waals surface area contributed by atoms with Crippen molar-refractivity contribution in [2.24, 2.45) is 5.92 Å². The van der Waals surface area contributed by atoms with Crippen LogP contribution in [0.5, 0.6) is 0 Å². The molecule has 0 heterocycles. The third kappa shape index (κ3) is 7.66. The van der Waals surface area contributed by atoms with Crippen LogP contribution in [0.1, 0.15) is 38.5 Å². The number of hydrogen-bond acceptors (Lipinski definition) is 3. The summed E-state index contributed by atoms with van der Waals surface area (Å²) in [6.07, 6.45) is 3.72. The normalized spacial score (nSPS) is 12.0. The Morgan fingerprint density at radius 2 is 1.67 bits per heavy atom. The average Bonchev–Trinajstić information content (AvgIpc) is 2.15. The maximum Gasteiger partial charge on any atom is 0.313 e. The van der Waals surface area contributed by atoms with Gasteiger partial charge in [-0.1, -0.05) is 19.3 Å². The van der Waals surface area contributed by atoms with Gasteiger partial charge in [0.2, 0.25) is 0 Å². The average molecular weight is 216 g/mol. The molecular formula is C10H16O5. The van der Waals surface area contributed by atoms with Crippen molar-refractivity contribution < 1.29 is 24.6 Å². The third-order valence-corrected chi connectivity index (χ3v) is 2.14. The predicted octanol–water partition coefficient (Wildman–Crippen LogP) is 1.31. The number of aldehydes is 1. The van der Waals surface area contributed by atoms with Crippen molar-refractivity contribution in [3.63, 3.8) is 0 Å². The van der Waals surface area contributed by atoms with Crippen LogP contribution >= 0.6 is 0 Å². The standard InChI is InChI=1S/C10H16O5/c11-7-8(10(14)15)5-3-1-2-4-6-9(12)13/h7-8H,1-6H2,(H,12,13)(H,14,15). The fourth-order valence-corrected chi connectivity index (χ4v) is 1.24. The molecule has 0 spiro atoms. The molecule has 0 aliphatic heterocycles. The van der Waals surface area contributed by atoms with Crippen molar-refractivity contribution in [2.45, 2.75) is 38.5 Å². The molecule has 0 radical (unpaired) electrons. The van der Waals surface area contributed by atoms with Crippen LogP contribution in [0.15, 0.2) is 0 Å². The first kappa shape index (κ1) is 13.6. The van der Waals surface area contributed by atoms with Gasteiger partial charge in [0.05, 0.1) is 0 Å². The predicted molar refractivity (Wildman–Crippen MR) is 52.5 cm³/mol. The molecule has 0 saturated carbocycles. The van der Waals surface area contributed by atoms with Gasteiger partial charge in [0.15, 0.2) is 0 Å². The highest BCUT2D eigenvalue weighted by Crippen LogP contribution is 2.10. The van der Waals surface area contributed by atoms with E-state index < -0.39 is 17.9 Å². The second-order valence-electron chi connectivity index (χ2n) is 3.43. The zero-order valence-corrected chi connectivity index (χ0v) is 8.52. The molecule has 86 valence electrons. The number of carboxylic acid groups (broad SMARTS) is 2. The minimum absolute atomic E-state index is 0.149. The number of carbonyl (C=O) groups excluding carboxylic acids is 1. The monoisotopic (exact) mass is 216 g/mol. The van der Waals surface area contributed by atoms with Gasteiger partial charge in [-0.25, -0.2) is 0 Å². The van der Waals surface area contributed by atoms with Gasteiger partial charge in [0.1, 0.15) is 12.2 Å². The zero-order valence-electron chi connectivity index (χ0n) is 8.52. The largest absolute Gasteiger partial charge is 0.481 e. The number of rotatable bonds is 9. The summed E-state index contributed by atoms with van der Waals surface area (Å²) in [6.45, 7) is 0. The molecule has 15 heavy (non-hydrogen) atoms. The number of carboxylic acids is 2. The van der Waals surface area contributed by atoms with Crippen LogP contribution in [0, 0.1) is 5.92 Å². The molecule has 0 aromatic heterocycles. The van der Waals surface area contributed by atoms with E-state index in [0.29, 0.717) is 25.5 Å². The van der Waals surface area contributed by atoms with Gasteiger partial charge in [-0.2, -0.15) is 0 Å². The van der Waals surface area contributed by atoms with Crippen LogP contribution in [-0.4, -0.2) is 28.4 Å². The maximum absolute atomic E-state index is 10.4. The summed E-state index contributed by atoms with van der Waals surface area (Å²) in [6, 6.07) is 0. The van der Waals surface area contributed by atoms with Crippen molar-refractivity contribution in [3.8, 4) is 0 Å². The SMILES string of the molecule is O=CC(CCCCCCC(=O)O)C(=O)O. The smallest absolute Gasteiger partial charge is 0.313 e. The quantitative estimate of drug-likeness (QED) is 0.344. The topological polar surface area (TPSA) is 91.7 Å². The molecule has 1 unspecified atom stereocenters. The summed E-state index contributed by atoms with van der Waals surface area (Å²) in [5.74, 6) is -2.81. The fourth-order valence-electron chi connectivity index (χ4n) is 1.24. The zero-order chi connectivity index (χ0) is 11.7. The van der Waals surface area contributed by atoms with E-state index in [1.54, 1.807) is 0 Å². The molecule has 1 atom stereocenters. The Morgan fingerprint density at radius 3 is 2.13 bits per heavy atom. The van der Waals surface area contributed by atoms with Crippen molar-refractivity contribution >= 4 is 18.2 Å². The Hall–Kier alpha value is -1.39. The molecule has 0 saturated heterocycles. The summed E-state index contributed by atoms with van der Waals surface area (Å²) in [5.41, 5.74) is 0. The molecule has 0 aromatic rings. The summed E-state index contributed by atoms with van der Waals surface area (Å²) in [4.78, 5) is 30.9. The van der Waals surface area contributed by atoms with E-state index in [2.05, 4.69) is 0 Å². The van der Waals surface area contributed by atoms with Gasteiger partial charge >= 0.3 is 11.9 Å². The molecule has 0 aromatic carbocycles. The Bertz CT molecular complexity index is 224. The van der Waals surface area contributed by atoms with Gasteiger partial charge in [0.25, 0.3) is 0 Å². The van der Waals surface area contributed by atoms with Crippen LogP contribution in [0.25, 0.3) is 0 Å². The molecule has 5 nitrogen and oxygen atoms in total. The number of unbranched alkanes of at least 4 members (excludes halogenated alkanes) is 3. The molecule has 0 rings (SSSR count). The van der Waals surface area contributed by atoms with Crippen molar-refractivity contribution in [2.75, 3.05) is 0 Å². The molecule has 0 bridgehead atoms. The first-order valence-corrected chi connectivity index (χ1v) is 4.97.